The van der Waals surface area contributed by atoms with Crippen LogP contribution in [0.4, 0.5) is 11.4 Å². The molecule has 0 saturated carbocycles. The summed E-state index contributed by atoms with van der Waals surface area (Å²) in [4.78, 5) is 28.0. The van der Waals surface area contributed by atoms with Gasteiger partial charge < -0.3 is 19.9 Å². The first-order chi connectivity index (χ1) is 14.0. The van der Waals surface area contributed by atoms with Gasteiger partial charge in [-0.2, -0.15) is 0 Å². The third kappa shape index (κ3) is 4.60. The van der Waals surface area contributed by atoms with Gasteiger partial charge in [-0.25, -0.2) is 0 Å². The molecule has 0 unspecified atom stereocenters. The minimum atomic E-state index is -0.0372. The van der Waals surface area contributed by atoms with E-state index in [0.717, 1.165) is 30.0 Å². The molecule has 0 spiro atoms. The molecule has 2 aliphatic rings. The number of hydrogen-bond donors (Lipinski definition) is 1. The Morgan fingerprint density at radius 2 is 1.79 bits per heavy atom. The quantitative estimate of drug-likeness (QED) is 0.799. The molecule has 2 aromatic carbocycles. The maximum absolute atomic E-state index is 12.5. The summed E-state index contributed by atoms with van der Waals surface area (Å²) in [5, 5.41) is 3.90. The molecule has 1 N–H and O–H groups in total. The molecule has 1 fully saturated rings. The SMILES string of the molecule is O=C1CCc2cc(OCC(=O)N3CCN(c4ccc(Cl)c(Cl)c4)CC3)ccc2N1. The number of ether oxygens (including phenoxy) is 1. The second kappa shape index (κ2) is 8.51. The number of anilines is 2. The number of benzene rings is 2. The van der Waals surface area contributed by atoms with Crippen molar-refractivity contribution in [2.75, 3.05) is 43.0 Å². The van der Waals surface area contributed by atoms with E-state index in [0.29, 0.717) is 41.7 Å². The molecule has 0 atom stereocenters. The molecule has 2 amide bonds. The molecule has 0 bridgehead atoms. The molecule has 29 heavy (non-hydrogen) atoms. The molecule has 2 heterocycles. The third-order valence-electron chi connectivity index (χ3n) is 5.24. The predicted molar refractivity (Wildman–Crippen MR) is 114 cm³/mol. The number of piperazine rings is 1. The normalized spacial score (nSPS) is 16.3. The lowest BCUT2D eigenvalue weighted by Crippen LogP contribution is -2.50. The van der Waals surface area contributed by atoms with Crippen LogP contribution in [0.15, 0.2) is 36.4 Å². The topological polar surface area (TPSA) is 61.9 Å². The molecule has 8 heteroatoms. The second-order valence-corrected chi connectivity index (χ2v) is 7.94. The van der Waals surface area contributed by atoms with Crippen molar-refractivity contribution < 1.29 is 14.3 Å². The lowest BCUT2D eigenvalue weighted by molar-refractivity contribution is -0.133. The first-order valence-corrected chi connectivity index (χ1v) is 10.3. The first kappa shape index (κ1) is 19.9. The van der Waals surface area contributed by atoms with Gasteiger partial charge in [0.05, 0.1) is 10.0 Å². The van der Waals surface area contributed by atoms with Crippen LogP contribution in [0.1, 0.15) is 12.0 Å². The van der Waals surface area contributed by atoms with Crippen molar-refractivity contribution in [2.45, 2.75) is 12.8 Å². The van der Waals surface area contributed by atoms with E-state index in [-0.39, 0.29) is 18.4 Å². The lowest BCUT2D eigenvalue weighted by Gasteiger charge is -2.36. The van der Waals surface area contributed by atoms with Gasteiger partial charge in [0.25, 0.3) is 5.91 Å². The van der Waals surface area contributed by atoms with Gasteiger partial charge in [-0.05, 0) is 48.4 Å². The Morgan fingerprint density at radius 3 is 2.55 bits per heavy atom. The van der Waals surface area contributed by atoms with Crippen molar-refractivity contribution in [3.05, 3.63) is 52.0 Å². The van der Waals surface area contributed by atoms with Gasteiger partial charge in [-0.15, -0.1) is 0 Å². The molecular weight excluding hydrogens is 413 g/mol. The van der Waals surface area contributed by atoms with Crippen LogP contribution in [0.5, 0.6) is 5.75 Å². The van der Waals surface area contributed by atoms with Gasteiger partial charge in [-0.3, -0.25) is 9.59 Å². The Bertz CT molecular complexity index is 943. The van der Waals surface area contributed by atoms with Gasteiger partial charge in [0.2, 0.25) is 5.91 Å². The van der Waals surface area contributed by atoms with Gasteiger partial charge in [0, 0.05) is 44.0 Å². The van der Waals surface area contributed by atoms with Gasteiger partial charge >= 0.3 is 0 Å². The minimum absolute atomic E-state index is 0.00206. The van der Waals surface area contributed by atoms with Crippen molar-refractivity contribution in [1.29, 1.82) is 0 Å². The smallest absolute Gasteiger partial charge is 0.260 e. The van der Waals surface area contributed by atoms with Crippen LogP contribution >= 0.6 is 23.2 Å². The number of halogens is 2. The maximum Gasteiger partial charge on any atom is 0.260 e. The summed E-state index contributed by atoms with van der Waals surface area (Å²) >= 11 is 12.1. The van der Waals surface area contributed by atoms with E-state index in [2.05, 4.69) is 10.2 Å². The fourth-order valence-electron chi connectivity index (χ4n) is 3.58. The minimum Gasteiger partial charge on any atom is -0.484 e. The number of aryl methyl sites for hydroxylation is 1. The maximum atomic E-state index is 12.5. The second-order valence-electron chi connectivity index (χ2n) is 7.12. The number of nitrogens with zero attached hydrogens (tertiary/aromatic N) is 2. The van der Waals surface area contributed by atoms with Crippen LogP contribution in [0.25, 0.3) is 0 Å². The van der Waals surface area contributed by atoms with Crippen LogP contribution in [-0.4, -0.2) is 49.5 Å². The van der Waals surface area contributed by atoms with Crippen LogP contribution in [0.3, 0.4) is 0 Å². The zero-order chi connectivity index (χ0) is 20.4. The fourth-order valence-corrected chi connectivity index (χ4v) is 3.87. The van der Waals surface area contributed by atoms with E-state index in [4.69, 9.17) is 27.9 Å². The summed E-state index contributed by atoms with van der Waals surface area (Å²) in [7, 11) is 0. The molecule has 1 saturated heterocycles. The Balaban J connectivity index is 1.29. The highest BCUT2D eigenvalue weighted by Crippen LogP contribution is 2.28. The number of fused-ring (bicyclic) bond motifs is 1. The average molecular weight is 434 g/mol. The highest BCUT2D eigenvalue weighted by molar-refractivity contribution is 6.42. The van der Waals surface area contributed by atoms with E-state index in [1.54, 1.807) is 12.1 Å². The molecule has 2 aromatic rings. The summed E-state index contributed by atoms with van der Waals surface area (Å²) in [5.74, 6) is 0.633. The van der Waals surface area contributed by atoms with E-state index < -0.39 is 0 Å². The largest absolute Gasteiger partial charge is 0.484 e. The molecule has 4 rings (SSSR count). The highest BCUT2D eigenvalue weighted by Gasteiger charge is 2.22. The third-order valence-corrected chi connectivity index (χ3v) is 5.97. The van der Waals surface area contributed by atoms with Crippen molar-refractivity contribution in [1.82, 2.24) is 4.90 Å². The Morgan fingerprint density at radius 1 is 1.00 bits per heavy atom. The first-order valence-electron chi connectivity index (χ1n) is 9.53. The summed E-state index contributed by atoms with van der Waals surface area (Å²) in [6.07, 6.45) is 1.15. The van der Waals surface area contributed by atoms with E-state index in [9.17, 15) is 9.59 Å². The molecule has 0 aliphatic carbocycles. The summed E-state index contributed by atoms with van der Waals surface area (Å²) < 4.78 is 5.70. The van der Waals surface area contributed by atoms with Crippen LogP contribution in [0, 0.1) is 0 Å². The fraction of sp³-hybridized carbons (Fsp3) is 0.333. The standard InChI is InChI=1S/C21H21Cl2N3O3/c22-17-4-2-15(12-18(17)23)25-7-9-26(10-8-25)21(28)13-29-16-3-5-19-14(11-16)1-6-20(27)24-19/h2-5,11-12H,1,6-10,13H2,(H,24,27). The van der Waals surface area contributed by atoms with Crippen molar-refractivity contribution in [2.24, 2.45) is 0 Å². The average Bonchev–Trinajstić information content (AvgIpc) is 2.74. The highest BCUT2D eigenvalue weighted by atomic mass is 35.5. The Hall–Kier alpha value is -2.44. The van der Waals surface area contributed by atoms with Gasteiger partial charge in [0.15, 0.2) is 6.61 Å². The van der Waals surface area contributed by atoms with Crippen molar-refractivity contribution in [3.63, 3.8) is 0 Å². The van der Waals surface area contributed by atoms with Crippen LogP contribution in [-0.2, 0) is 16.0 Å². The number of rotatable bonds is 4. The van der Waals surface area contributed by atoms with E-state index in [1.807, 2.05) is 29.2 Å². The number of carbonyl (C=O) groups excluding carboxylic acids is 2. The number of hydrogen-bond acceptors (Lipinski definition) is 4. The Labute approximate surface area is 179 Å². The molecule has 0 aromatic heterocycles. The zero-order valence-electron chi connectivity index (χ0n) is 15.8. The monoisotopic (exact) mass is 433 g/mol. The summed E-state index contributed by atoms with van der Waals surface area (Å²) in [5.41, 5.74) is 2.85. The Kier molecular flexibility index (Phi) is 5.83. The summed E-state index contributed by atoms with van der Waals surface area (Å²) in [6.45, 7) is 2.69. The summed E-state index contributed by atoms with van der Waals surface area (Å²) in [6, 6.07) is 11.1. The number of nitrogens with one attached hydrogen (secondary N) is 1. The zero-order valence-corrected chi connectivity index (χ0v) is 17.3. The predicted octanol–water partition coefficient (Wildman–Crippen LogP) is 3.61. The van der Waals surface area contributed by atoms with Gasteiger partial charge in [-0.1, -0.05) is 23.2 Å². The van der Waals surface area contributed by atoms with Gasteiger partial charge in [0.1, 0.15) is 5.75 Å². The van der Waals surface area contributed by atoms with E-state index >= 15 is 0 Å². The number of amides is 2. The van der Waals surface area contributed by atoms with Crippen molar-refractivity contribution in [3.8, 4) is 5.75 Å². The molecular formula is C21H21Cl2N3O3. The molecule has 6 nitrogen and oxygen atoms in total. The van der Waals surface area contributed by atoms with Crippen LogP contribution < -0.4 is 15.0 Å². The van der Waals surface area contributed by atoms with E-state index in [1.165, 1.54) is 0 Å². The van der Waals surface area contributed by atoms with Crippen molar-refractivity contribution >= 4 is 46.4 Å². The number of carbonyl (C=O) groups is 2. The molecule has 0 radical (unpaired) electrons. The lowest BCUT2D eigenvalue weighted by atomic mass is 10.0. The molecule has 2 aliphatic heterocycles. The van der Waals surface area contributed by atoms with Crippen LogP contribution in [0.2, 0.25) is 10.0 Å². The molecule has 152 valence electrons.